The van der Waals surface area contributed by atoms with Gasteiger partial charge in [-0.1, -0.05) is 0 Å². The SMILES string of the molecule is Cc1nc(C2CCN(C(=O)C(C)N3C(=O)NC(C)(C)C3=O)CC2)c2sccn12. The Morgan fingerprint density at radius 3 is 2.61 bits per heavy atom. The smallest absolute Gasteiger partial charge is 0.325 e. The molecule has 0 radical (unpaired) electrons. The van der Waals surface area contributed by atoms with Gasteiger partial charge in [-0.05, 0) is 40.5 Å². The van der Waals surface area contributed by atoms with Crippen LogP contribution in [0, 0.1) is 6.92 Å². The number of urea groups is 1. The van der Waals surface area contributed by atoms with E-state index in [2.05, 4.69) is 15.1 Å². The zero-order chi connectivity index (χ0) is 20.2. The number of hydrogen-bond acceptors (Lipinski definition) is 5. The van der Waals surface area contributed by atoms with Gasteiger partial charge in [0.05, 0.1) is 5.69 Å². The number of rotatable bonds is 3. The van der Waals surface area contributed by atoms with Crippen LogP contribution in [0.3, 0.4) is 0 Å². The summed E-state index contributed by atoms with van der Waals surface area (Å²) in [5, 5.41) is 4.70. The molecule has 4 heterocycles. The molecule has 4 amide bonds. The van der Waals surface area contributed by atoms with Gasteiger partial charge < -0.3 is 10.2 Å². The average molecular weight is 404 g/mol. The number of thiazole rings is 1. The second kappa shape index (κ2) is 6.58. The molecule has 8 nitrogen and oxygen atoms in total. The zero-order valence-electron chi connectivity index (χ0n) is 16.6. The van der Waals surface area contributed by atoms with Gasteiger partial charge in [0.2, 0.25) is 5.91 Å². The topological polar surface area (TPSA) is 87.0 Å². The first-order valence-electron chi connectivity index (χ1n) is 9.57. The summed E-state index contributed by atoms with van der Waals surface area (Å²) in [6, 6.07) is -1.30. The van der Waals surface area contributed by atoms with Crippen LogP contribution >= 0.6 is 11.3 Å². The fourth-order valence-corrected chi connectivity index (χ4v) is 5.09. The lowest BCUT2D eigenvalue weighted by atomic mass is 9.93. The summed E-state index contributed by atoms with van der Waals surface area (Å²) in [6.45, 7) is 8.13. The number of fused-ring (bicyclic) bond motifs is 1. The second-order valence-corrected chi connectivity index (χ2v) is 9.02. The predicted molar refractivity (Wildman–Crippen MR) is 105 cm³/mol. The van der Waals surface area contributed by atoms with Crippen molar-refractivity contribution in [2.75, 3.05) is 13.1 Å². The largest absolute Gasteiger partial charge is 0.341 e. The van der Waals surface area contributed by atoms with E-state index in [-0.39, 0.29) is 11.8 Å². The Morgan fingerprint density at radius 1 is 1.32 bits per heavy atom. The van der Waals surface area contributed by atoms with Gasteiger partial charge in [0, 0.05) is 30.6 Å². The summed E-state index contributed by atoms with van der Waals surface area (Å²) < 4.78 is 2.11. The Labute approximate surface area is 167 Å². The van der Waals surface area contributed by atoms with Gasteiger partial charge in [0.15, 0.2) is 0 Å². The minimum atomic E-state index is -0.969. The number of nitrogens with one attached hydrogen (secondary N) is 1. The van der Waals surface area contributed by atoms with E-state index >= 15 is 0 Å². The highest BCUT2D eigenvalue weighted by Gasteiger charge is 2.48. The number of hydrogen-bond donors (Lipinski definition) is 1. The summed E-state index contributed by atoms with van der Waals surface area (Å²) >= 11 is 1.69. The molecule has 2 aromatic heterocycles. The molecule has 2 aliphatic heterocycles. The van der Waals surface area contributed by atoms with Gasteiger partial charge in [0.1, 0.15) is 22.2 Å². The third kappa shape index (κ3) is 2.88. The van der Waals surface area contributed by atoms with Crippen LogP contribution in [0.4, 0.5) is 4.79 Å². The standard InChI is InChI=1S/C19H25N5O3S/c1-11(24-17(26)19(3,4)21-18(24)27)15(25)22-7-5-13(6-8-22)14-16-23(9-10-28-16)12(2)20-14/h9-11,13H,5-8H2,1-4H3,(H,21,27). The normalized spacial score (nSPS) is 21.4. The number of carbonyl (C=O) groups excluding carboxylic acids is 3. The number of nitrogens with zero attached hydrogens (tertiary/aromatic N) is 4. The van der Waals surface area contributed by atoms with Gasteiger partial charge in [-0.2, -0.15) is 0 Å². The zero-order valence-corrected chi connectivity index (χ0v) is 17.4. The van der Waals surface area contributed by atoms with E-state index in [9.17, 15) is 14.4 Å². The van der Waals surface area contributed by atoms with Crippen LogP contribution < -0.4 is 5.32 Å². The second-order valence-electron chi connectivity index (χ2n) is 8.13. The fraction of sp³-hybridized carbons (Fsp3) is 0.579. The molecule has 4 rings (SSSR count). The number of imidazole rings is 1. The molecule has 150 valence electrons. The van der Waals surface area contributed by atoms with Gasteiger partial charge >= 0.3 is 6.03 Å². The number of piperidine rings is 1. The van der Waals surface area contributed by atoms with Crippen LogP contribution in [0.15, 0.2) is 11.6 Å². The van der Waals surface area contributed by atoms with Crippen molar-refractivity contribution in [3.8, 4) is 0 Å². The first-order chi connectivity index (χ1) is 13.2. The quantitative estimate of drug-likeness (QED) is 0.796. The summed E-state index contributed by atoms with van der Waals surface area (Å²) in [7, 11) is 0. The Balaban J connectivity index is 1.43. The van der Waals surface area contributed by atoms with Crippen molar-refractivity contribution in [2.24, 2.45) is 0 Å². The molecule has 28 heavy (non-hydrogen) atoms. The molecule has 0 spiro atoms. The molecule has 0 aliphatic carbocycles. The molecule has 1 atom stereocenters. The number of aromatic nitrogens is 2. The molecule has 2 fully saturated rings. The highest BCUT2D eigenvalue weighted by molar-refractivity contribution is 7.15. The maximum Gasteiger partial charge on any atom is 0.325 e. The molecule has 2 aliphatic rings. The molecule has 9 heteroatoms. The Kier molecular flexibility index (Phi) is 4.45. The summed E-state index contributed by atoms with van der Waals surface area (Å²) in [6.07, 6.45) is 3.69. The van der Waals surface area contributed by atoms with Crippen LogP contribution in [-0.2, 0) is 9.59 Å². The molecular formula is C19H25N5O3S. The average Bonchev–Trinajstić information content (AvgIpc) is 3.30. The van der Waals surface area contributed by atoms with Crippen LogP contribution in [0.1, 0.15) is 51.0 Å². The molecule has 2 saturated heterocycles. The predicted octanol–water partition coefficient (Wildman–Crippen LogP) is 2.13. The molecule has 1 N–H and O–H groups in total. The van der Waals surface area contributed by atoms with Crippen molar-refractivity contribution in [1.82, 2.24) is 24.5 Å². The van der Waals surface area contributed by atoms with Gasteiger partial charge in [0.25, 0.3) is 5.91 Å². The maximum absolute atomic E-state index is 12.9. The minimum Gasteiger partial charge on any atom is -0.341 e. The molecule has 0 aromatic carbocycles. The molecule has 2 aromatic rings. The van der Waals surface area contributed by atoms with Crippen molar-refractivity contribution >= 4 is 34.0 Å². The van der Waals surface area contributed by atoms with Crippen molar-refractivity contribution in [2.45, 2.75) is 58.0 Å². The number of carbonyl (C=O) groups is 3. The monoisotopic (exact) mass is 403 g/mol. The lowest BCUT2D eigenvalue weighted by Gasteiger charge is -2.34. The Bertz CT molecular complexity index is 954. The Hall–Kier alpha value is -2.42. The highest BCUT2D eigenvalue weighted by atomic mass is 32.1. The fourth-order valence-electron chi connectivity index (χ4n) is 4.13. The van der Waals surface area contributed by atoms with E-state index in [1.807, 2.05) is 13.1 Å². The van der Waals surface area contributed by atoms with E-state index in [1.165, 1.54) is 4.83 Å². The van der Waals surface area contributed by atoms with Crippen molar-refractivity contribution < 1.29 is 14.4 Å². The van der Waals surface area contributed by atoms with Crippen molar-refractivity contribution in [3.05, 3.63) is 23.1 Å². The molecule has 0 bridgehead atoms. The van der Waals surface area contributed by atoms with E-state index in [1.54, 1.807) is 37.0 Å². The minimum absolute atomic E-state index is 0.179. The molecular weight excluding hydrogens is 378 g/mol. The van der Waals surface area contributed by atoms with Crippen LogP contribution in [-0.4, -0.2) is 61.7 Å². The van der Waals surface area contributed by atoms with Gasteiger partial charge in [-0.3, -0.25) is 14.0 Å². The third-order valence-corrected chi connectivity index (χ3v) is 6.68. The lowest BCUT2D eigenvalue weighted by Crippen LogP contribution is -2.52. The van der Waals surface area contributed by atoms with E-state index in [0.717, 1.165) is 29.3 Å². The first-order valence-corrected chi connectivity index (χ1v) is 10.5. The first kappa shape index (κ1) is 18.9. The van der Waals surface area contributed by atoms with Gasteiger partial charge in [-0.25, -0.2) is 14.7 Å². The van der Waals surface area contributed by atoms with Crippen LogP contribution in [0.25, 0.3) is 4.83 Å². The lowest BCUT2D eigenvalue weighted by molar-refractivity contribution is -0.143. The number of likely N-dealkylation sites (tertiary alicyclic amines) is 1. The molecule has 1 unspecified atom stereocenters. The summed E-state index contributed by atoms with van der Waals surface area (Å²) in [4.78, 5) is 46.3. The third-order valence-electron chi connectivity index (χ3n) is 5.79. The van der Waals surface area contributed by atoms with Crippen LogP contribution in [0.5, 0.6) is 0 Å². The molecule has 0 saturated carbocycles. The van der Waals surface area contributed by atoms with Crippen molar-refractivity contribution in [3.63, 3.8) is 0 Å². The van der Waals surface area contributed by atoms with Crippen LogP contribution in [0.2, 0.25) is 0 Å². The summed E-state index contributed by atoms with van der Waals surface area (Å²) in [5.74, 6) is 0.764. The van der Waals surface area contributed by atoms with E-state index in [4.69, 9.17) is 4.98 Å². The maximum atomic E-state index is 12.9. The van der Waals surface area contributed by atoms with E-state index in [0.29, 0.717) is 19.0 Å². The highest BCUT2D eigenvalue weighted by Crippen LogP contribution is 2.33. The summed E-state index contributed by atoms with van der Waals surface area (Å²) in [5.41, 5.74) is 0.146. The number of aryl methyl sites for hydroxylation is 1. The van der Waals surface area contributed by atoms with E-state index < -0.39 is 17.6 Å². The number of amides is 4. The number of imide groups is 1. The Morgan fingerprint density at radius 2 is 2.00 bits per heavy atom. The van der Waals surface area contributed by atoms with Gasteiger partial charge in [-0.15, -0.1) is 11.3 Å². The van der Waals surface area contributed by atoms with Crippen molar-refractivity contribution in [1.29, 1.82) is 0 Å².